The quantitative estimate of drug-likeness (QED) is 0.467. The van der Waals surface area contributed by atoms with Gasteiger partial charge >= 0.3 is 0 Å². The lowest BCUT2D eigenvalue weighted by molar-refractivity contribution is 0.101. The number of hydrogen-bond acceptors (Lipinski definition) is 4. The largest absolute Gasteiger partial charge is 0.355 e. The van der Waals surface area contributed by atoms with Gasteiger partial charge < -0.3 is 9.84 Å². The Hall–Kier alpha value is -3.16. The Kier molecular flexibility index (Phi) is 5.33. The fourth-order valence-corrected chi connectivity index (χ4v) is 3.19. The van der Waals surface area contributed by atoms with E-state index in [-0.39, 0.29) is 11.5 Å². The second-order valence-corrected chi connectivity index (χ2v) is 6.95. The third-order valence-electron chi connectivity index (χ3n) is 4.14. The Bertz CT molecular complexity index is 1150. The molecule has 0 aliphatic heterocycles. The van der Waals surface area contributed by atoms with Crippen LogP contribution in [-0.2, 0) is 6.54 Å². The monoisotopic (exact) mass is 430 g/mol. The summed E-state index contributed by atoms with van der Waals surface area (Å²) in [5, 5.41) is 11.8. The molecule has 2 heterocycles. The normalized spacial score (nSPS) is 10.9. The van der Waals surface area contributed by atoms with Crippen LogP contribution in [0.4, 0.5) is 10.2 Å². The van der Waals surface area contributed by atoms with Crippen LogP contribution in [0.2, 0.25) is 10.0 Å². The van der Waals surface area contributed by atoms with Crippen LogP contribution in [0.1, 0.15) is 16.1 Å². The van der Waals surface area contributed by atoms with Crippen LogP contribution in [0.5, 0.6) is 0 Å². The van der Waals surface area contributed by atoms with Crippen molar-refractivity contribution in [2.75, 3.05) is 5.32 Å². The molecule has 0 fully saturated rings. The van der Waals surface area contributed by atoms with E-state index in [1.54, 1.807) is 47.3 Å². The zero-order valence-corrected chi connectivity index (χ0v) is 16.3. The lowest BCUT2D eigenvalue weighted by Crippen LogP contribution is -2.13. The maximum absolute atomic E-state index is 13.0. The summed E-state index contributed by atoms with van der Waals surface area (Å²) in [7, 11) is 0. The number of amides is 1. The maximum atomic E-state index is 13.0. The van der Waals surface area contributed by atoms with E-state index in [0.29, 0.717) is 33.7 Å². The number of carbonyl (C=O) groups is 1. The first-order chi connectivity index (χ1) is 14.0. The molecule has 0 aliphatic carbocycles. The molecule has 0 radical (unpaired) electrons. The van der Waals surface area contributed by atoms with Crippen LogP contribution < -0.4 is 5.32 Å². The summed E-state index contributed by atoms with van der Waals surface area (Å²) in [6.45, 7) is 0.354. The molecule has 0 aliphatic rings. The van der Waals surface area contributed by atoms with Gasteiger partial charge in [-0.3, -0.25) is 9.48 Å². The van der Waals surface area contributed by atoms with Crippen molar-refractivity contribution < 1.29 is 13.7 Å². The predicted octanol–water partition coefficient (Wildman–Crippen LogP) is 5.28. The van der Waals surface area contributed by atoms with Crippen LogP contribution >= 0.6 is 23.2 Å². The molecule has 4 rings (SSSR count). The molecule has 6 nitrogen and oxygen atoms in total. The van der Waals surface area contributed by atoms with Crippen molar-refractivity contribution in [2.24, 2.45) is 0 Å². The molecule has 0 saturated heterocycles. The standard InChI is InChI=1S/C20H13Cl2FN4O2/c21-15-2-1-3-16(22)14(15)11-27-9-8-19(25-27)24-20(28)17-10-18(29-26-17)12-4-6-13(23)7-5-12/h1-10H,11H2,(H,24,25,28). The van der Waals surface area contributed by atoms with E-state index in [0.717, 1.165) is 5.56 Å². The van der Waals surface area contributed by atoms with E-state index in [9.17, 15) is 9.18 Å². The molecule has 0 bridgehead atoms. The van der Waals surface area contributed by atoms with E-state index < -0.39 is 5.91 Å². The van der Waals surface area contributed by atoms with E-state index in [1.807, 2.05) is 0 Å². The van der Waals surface area contributed by atoms with Crippen LogP contribution in [0.3, 0.4) is 0 Å². The van der Waals surface area contributed by atoms with Gasteiger partial charge in [-0.1, -0.05) is 34.4 Å². The SMILES string of the molecule is O=C(Nc1ccn(Cc2c(Cl)cccc2Cl)n1)c1cc(-c2ccc(F)cc2)on1. The molecule has 146 valence electrons. The molecule has 0 atom stereocenters. The van der Waals surface area contributed by atoms with Crippen LogP contribution in [0.25, 0.3) is 11.3 Å². The average molecular weight is 431 g/mol. The van der Waals surface area contributed by atoms with E-state index in [4.69, 9.17) is 27.7 Å². The lowest BCUT2D eigenvalue weighted by atomic mass is 10.1. The second kappa shape index (κ2) is 8.06. The van der Waals surface area contributed by atoms with E-state index in [1.165, 1.54) is 18.2 Å². The van der Waals surface area contributed by atoms with Gasteiger partial charge in [-0.15, -0.1) is 0 Å². The summed E-state index contributed by atoms with van der Waals surface area (Å²) >= 11 is 12.4. The fraction of sp³-hybridized carbons (Fsp3) is 0.0500. The highest BCUT2D eigenvalue weighted by atomic mass is 35.5. The second-order valence-electron chi connectivity index (χ2n) is 6.14. The molecule has 4 aromatic rings. The summed E-state index contributed by atoms with van der Waals surface area (Å²) in [4.78, 5) is 12.4. The average Bonchev–Trinajstić information content (AvgIpc) is 3.35. The Morgan fingerprint density at radius 3 is 2.55 bits per heavy atom. The van der Waals surface area contributed by atoms with Crippen molar-refractivity contribution in [1.29, 1.82) is 0 Å². The molecule has 9 heteroatoms. The number of benzene rings is 2. The van der Waals surface area contributed by atoms with Crippen molar-refractivity contribution >= 4 is 34.9 Å². The predicted molar refractivity (Wildman–Crippen MR) is 108 cm³/mol. The van der Waals surface area contributed by atoms with Crippen LogP contribution in [0.15, 0.2) is 65.3 Å². The summed E-state index contributed by atoms with van der Waals surface area (Å²) in [5.74, 6) is -0.151. The summed E-state index contributed by atoms with van der Waals surface area (Å²) in [6, 6.07) is 14.1. The molecular formula is C20H13Cl2FN4O2. The third kappa shape index (κ3) is 4.31. The van der Waals surface area contributed by atoms with Crippen molar-refractivity contribution in [3.63, 3.8) is 0 Å². The topological polar surface area (TPSA) is 73.0 Å². The maximum Gasteiger partial charge on any atom is 0.279 e. The molecule has 1 amide bonds. The van der Waals surface area contributed by atoms with Crippen LogP contribution in [0, 0.1) is 5.82 Å². The van der Waals surface area contributed by atoms with Gasteiger partial charge in [-0.2, -0.15) is 5.10 Å². The van der Waals surface area contributed by atoms with E-state index >= 15 is 0 Å². The number of nitrogens with zero attached hydrogens (tertiary/aromatic N) is 3. The number of nitrogens with one attached hydrogen (secondary N) is 1. The van der Waals surface area contributed by atoms with Gasteiger partial charge in [0, 0.05) is 39.5 Å². The minimum Gasteiger partial charge on any atom is -0.355 e. The van der Waals surface area contributed by atoms with Crippen molar-refractivity contribution in [3.05, 3.63) is 87.9 Å². The molecule has 2 aromatic heterocycles. The van der Waals surface area contributed by atoms with Crippen LogP contribution in [-0.4, -0.2) is 20.8 Å². The minimum absolute atomic E-state index is 0.0769. The number of carbonyl (C=O) groups excluding carboxylic acids is 1. The Labute approximate surface area is 174 Å². The highest BCUT2D eigenvalue weighted by Crippen LogP contribution is 2.25. The highest BCUT2D eigenvalue weighted by Gasteiger charge is 2.15. The first-order valence-corrected chi connectivity index (χ1v) is 9.25. The van der Waals surface area contributed by atoms with Gasteiger partial charge in [0.15, 0.2) is 17.3 Å². The van der Waals surface area contributed by atoms with E-state index in [2.05, 4.69) is 15.6 Å². The minimum atomic E-state index is -0.483. The number of rotatable bonds is 5. The number of halogens is 3. The van der Waals surface area contributed by atoms with Crippen molar-refractivity contribution in [3.8, 4) is 11.3 Å². The smallest absolute Gasteiger partial charge is 0.279 e. The third-order valence-corrected chi connectivity index (χ3v) is 4.84. The van der Waals surface area contributed by atoms with Gasteiger partial charge in [0.2, 0.25) is 0 Å². The first kappa shape index (κ1) is 19.2. The molecule has 0 unspecified atom stereocenters. The Morgan fingerprint density at radius 2 is 1.83 bits per heavy atom. The lowest BCUT2D eigenvalue weighted by Gasteiger charge is -2.06. The molecule has 2 aromatic carbocycles. The molecule has 29 heavy (non-hydrogen) atoms. The van der Waals surface area contributed by atoms with Gasteiger partial charge in [0.05, 0.1) is 6.54 Å². The summed E-state index contributed by atoms with van der Waals surface area (Å²) in [6.07, 6.45) is 1.70. The fourth-order valence-electron chi connectivity index (χ4n) is 2.67. The highest BCUT2D eigenvalue weighted by molar-refractivity contribution is 6.35. The summed E-state index contributed by atoms with van der Waals surface area (Å²) < 4.78 is 19.8. The van der Waals surface area contributed by atoms with Gasteiger partial charge in [-0.05, 0) is 36.4 Å². The first-order valence-electron chi connectivity index (χ1n) is 8.50. The number of hydrogen-bond donors (Lipinski definition) is 1. The number of anilines is 1. The van der Waals surface area contributed by atoms with Crippen molar-refractivity contribution in [2.45, 2.75) is 6.54 Å². The molecule has 0 spiro atoms. The zero-order valence-electron chi connectivity index (χ0n) is 14.8. The Morgan fingerprint density at radius 1 is 1.10 bits per heavy atom. The Balaban J connectivity index is 1.45. The molecular weight excluding hydrogens is 418 g/mol. The summed E-state index contributed by atoms with van der Waals surface area (Å²) in [5.41, 5.74) is 1.42. The van der Waals surface area contributed by atoms with Gasteiger partial charge in [0.1, 0.15) is 5.82 Å². The van der Waals surface area contributed by atoms with Gasteiger partial charge in [-0.25, -0.2) is 4.39 Å². The van der Waals surface area contributed by atoms with Gasteiger partial charge in [0.25, 0.3) is 5.91 Å². The number of aromatic nitrogens is 3. The zero-order chi connectivity index (χ0) is 20.4. The van der Waals surface area contributed by atoms with Crippen molar-refractivity contribution in [1.82, 2.24) is 14.9 Å². The molecule has 1 N–H and O–H groups in total. The molecule has 0 saturated carbocycles.